The normalized spacial score (nSPS) is 11.9. The van der Waals surface area contributed by atoms with Crippen LogP contribution in [0.1, 0.15) is 23.1 Å². The zero-order valence-corrected chi connectivity index (χ0v) is 14.9. The van der Waals surface area contributed by atoms with E-state index in [0.29, 0.717) is 12.1 Å². The van der Waals surface area contributed by atoms with Crippen LogP contribution >= 0.6 is 23.1 Å². The van der Waals surface area contributed by atoms with Crippen molar-refractivity contribution in [3.8, 4) is 5.75 Å². The third kappa shape index (κ3) is 6.34. The van der Waals surface area contributed by atoms with Crippen LogP contribution in [0.5, 0.6) is 5.75 Å². The fraction of sp³-hybridized carbons (Fsp3) is 0.400. The maximum absolute atomic E-state index is 11.7. The summed E-state index contributed by atoms with van der Waals surface area (Å²) in [6.07, 6.45) is -0.0507. The van der Waals surface area contributed by atoms with E-state index < -0.39 is 6.10 Å². The van der Waals surface area contributed by atoms with Crippen LogP contribution in [0.2, 0.25) is 0 Å². The van der Waals surface area contributed by atoms with Gasteiger partial charge in [-0.3, -0.25) is 0 Å². The number of urea groups is 1. The van der Waals surface area contributed by atoms with E-state index in [-0.39, 0.29) is 18.3 Å². The van der Waals surface area contributed by atoms with Crippen molar-refractivity contribution >= 4 is 29.1 Å². The molecule has 1 aromatic heterocycles. The average Bonchev–Trinajstić information content (AvgIpc) is 2.97. The van der Waals surface area contributed by atoms with Gasteiger partial charge in [-0.2, -0.15) is 0 Å². The number of phenolic OH excluding ortho intramolecular Hbond substituents is 1. The van der Waals surface area contributed by atoms with Crippen molar-refractivity contribution in [3.05, 3.63) is 34.8 Å². The Bertz CT molecular complexity index is 666. The number of benzene rings is 1. The van der Waals surface area contributed by atoms with Crippen LogP contribution in [0, 0.1) is 6.92 Å². The lowest BCUT2D eigenvalue weighted by molar-refractivity contribution is 0.173. The van der Waals surface area contributed by atoms with E-state index in [9.17, 15) is 15.0 Å². The Kier molecular flexibility index (Phi) is 7.29. The summed E-state index contributed by atoms with van der Waals surface area (Å²) in [5.41, 5.74) is 0.555. The van der Waals surface area contributed by atoms with Crippen LogP contribution < -0.4 is 10.6 Å². The Balaban J connectivity index is 1.58. The van der Waals surface area contributed by atoms with Gasteiger partial charge in [0.15, 0.2) is 4.34 Å². The van der Waals surface area contributed by atoms with Crippen molar-refractivity contribution in [1.82, 2.24) is 20.8 Å². The summed E-state index contributed by atoms with van der Waals surface area (Å²) < 4.78 is 0.936. The summed E-state index contributed by atoms with van der Waals surface area (Å²) in [6.45, 7) is 2.53. The third-order valence-corrected chi connectivity index (χ3v) is 5.11. The second-order valence-corrected chi connectivity index (χ2v) is 7.56. The summed E-state index contributed by atoms with van der Waals surface area (Å²) in [6, 6.07) is 6.00. The van der Waals surface area contributed by atoms with Gasteiger partial charge in [0, 0.05) is 18.8 Å². The number of hydrogen-bond acceptors (Lipinski definition) is 7. The molecule has 0 bridgehead atoms. The summed E-state index contributed by atoms with van der Waals surface area (Å²) >= 11 is 3.18. The molecule has 0 aliphatic rings. The van der Waals surface area contributed by atoms with Gasteiger partial charge < -0.3 is 20.8 Å². The highest BCUT2D eigenvalue weighted by Crippen LogP contribution is 2.22. The van der Waals surface area contributed by atoms with E-state index >= 15 is 0 Å². The van der Waals surface area contributed by atoms with Gasteiger partial charge in [-0.15, -0.1) is 10.2 Å². The van der Waals surface area contributed by atoms with Gasteiger partial charge in [0.05, 0.1) is 6.10 Å². The number of aromatic hydroxyl groups is 1. The number of aliphatic hydroxyl groups is 1. The minimum absolute atomic E-state index is 0.0775. The van der Waals surface area contributed by atoms with E-state index in [1.807, 2.05) is 6.92 Å². The van der Waals surface area contributed by atoms with E-state index in [1.165, 1.54) is 12.1 Å². The lowest BCUT2D eigenvalue weighted by Crippen LogP contribution is -2.38. The lowest BCUT2D eigenvalue weighted by atomic mass is 10.1. The molecule has 0 saturated carbocycles. The van der Waals surface area contributed by atoms with Gasteiger partial charge >= 0.3 is 6.03 Å². The van der Waals surface area contributed by atoms with Crippen molar-refractivity contribution in [1.29, 1.82) is 0 Å². The molecular weight excluding hydrogens is 348 g/mol. The second-order valence-electron chi connectivity index (χ2n) is 5.04. The molecule has 2 rings (SSSR count). The smallest absolute Gasteiger partial charge is 0.314 e. The fourth-order valence-electron chi connectivity index (χ4n) is 1.87. The molecule has 2 aromatic rings. The van der Waals surface area contributed by atoms with Crippen LogP contribution in [-0.4, -0.2) is 45.3 Å². The number of nitrogens with zero attached hydrogens (tertiary/aromatic N) is 2. The van der Waals surface area contributed by atoms with Crippen LogP contribution in [0.4, 0.5) is 4.79 Å². The van der Waals surface area contributed by atoms with Crippen LogP contribution in [0.15, 0.2) is 28.6 Å². The molecule has 0 aliphatic carbocycles. The maximum atomic E-state index is 11.7. The predicted octanol–water partition coefficient (Wildman–Crippen LogP) is 2.07. The van der Waals surface area contributed by atoms with E-state index in [0.717, 1.165) is 21.5 Å². The first-order valence-electron chi connectivity index (χ1n) is 7.46. The van der Waals surface area contributed by atoms with E-state index in [1.54, 1.807) is 35.2 Å². The van der Waals surface area contributed by atoms with Crippen molar-refractivity contribution in [3.63, 3.8) is 0 Å². The van der Waals surface area contributed by atoms with Crippen molar-refractivity contribution in [2.24, 2.45) is 0 Å². The highest BCUT2D eigenvalue weighted by molar-refractivity contribution is 8.01. The summed E-state index contributed by atoms with van der Waals surface area (Å²) in [7, 11) is 0. The van der Waals surface area contributed by atoms with Crippen molar-refractivity contribution in [2.45, 2.75) is 23.8 Å². The zero-order valence-electron chi connectivity index (χ0n) is 13.2. The van der Waals surface area contributed by atoms with Crippen LogP contribution in [0.25, 0.3) is 0 Å². The Morgan fingerprint density at radius 3 is 2.92 bits per heavy atom. The number of carbonyl (C=O) groups is 1. The number of carbonyl (C=O) groups excluding carboxylic acids is 1. The Morgan fingerprint density at radius 1 is 1.38 bits per heavy atom. The number of nitrogens with one attached hydrogen (secondary N) is 2. The van der Waals surface area contributed by atoms with E-state index in [4.69, 9.17) is 0 Å². The summed E-state index contributed by atoms with van der Waals surface area (Å²) in [5.74, 6) is 0.931. The molecule has 0 spiro atoms. The number of hydrogen-bond donors (Lipinski definition) is 4. The standard InChI is InChI=1S/C15H20N4O3S2/c1-10-18-19-15(24-10)23-7-3-6-16-14(22)17-9-13(21)11-4-2-5-12(20)8-11/h2,4-5,8,13,20-21H,3,6-7,9H2,1H3,(H2,16,17,22)/t13-/m0/s1. The van der Waals surface area contributed by atoms with Gasteiger partial charge in [0.2, 0.25) is 0 Å². The number of aliphatic hydroxyl groups excluding tert-OH is 1. The first kappa shape index (κ1) is 18.5. The number of thioether (sulfide) groups is 1. The van der Waals surface area contributed by atoms with Gasteiger partial charge in [0.1, 0.15) is 10.8 Å². The molecule has 0 saturated heterocycles. The van der Waals surface area contributed by atoms with Gasteiger partial charge in [-0.1, -0.05) is 35.2 Å². The monoisotopic (exact) mass is 368 g/mol. The Labute approximate surface area is 148 Å². The number of aromatic nitrogens is 2. The molecule has 130 valence electrons. The fourth-order valence-corrected chi connectivity index (χ4v) is 3.70. The molecule has 24 heavy (non-hydrogen) atoms. The van der Waals surface area contributed by atoms with Crippen molar-refractivity contribution in [2.75, 3.05) is 18.8 Å². The number of rotatable bonds is 8. The Hall–Kier alpha value is -1.84. The van der Waals surface area contributed by atoms with Crippen LogP contribution in [-0.2, 0) is 0 Å². The molecule has 9 heteroatoms. The molecule has 0 radical (unpaired) electrons. The topological polar surface area (TPSA) is 107 Å². The third-order valence-electron chi connectivity index (χ3n) is 3.05. The molecule has 1 heterocycles. The maximum Gasteiger partial charge on any atom is 0.314 e. The number of amides is 2. The molecule has 0 aliphatic heterocycles. The molecule has 0 fully saturated rings. The van der Waals surface area contributed by atoms with Gasteiger partial charge in [0.25, 0.3) is 0 Å². The lowest BCUT2D eigenvalue weighted by Gasteiger charge is -2.13. The molecule has 1 aromatic carbocycles. The first-order chi connectivity index (χ1) is 11.5. The van der Waals surface area contributed by atoms with Gasteiger partial charge in [-0.25, -0.2) is 4.79 Å². The summed E-state index contributed by atoms with van der Waals surface area (Å²) in [5, 5.41) is 33.6. The second kappa shape index (κ2) is 9.45. The SMILES string of the molecule is Cc1nnc(SCCCNC(=O)NC[C@H](O)c2cccc(O)c2)s1. The molecule has 7 nitrogen and oxygen atoms in total. The molecule has 1 atom stereocenters. The molecule has 2 amide bonds. The largest absolute Gasteiger partial charge is 0.508 e. The Morgan fingerprint density at radius 2 is 2.21 bits per heavy atom. The first-order valence-corrected chi connectivity index (χ1v) is 9.26. The summed E-state index contributed by atoms with van der Waals surface area (Å²) in [4.78, 5) is 11.7. The highest BCUT2D eigenvalue weighted by atomic mass is 32.2. The average molecular weight is 368 g/mol. The van der Waals surface area contributed by atoms with E-state index in [2.05, 4.69) is 20.8 Å². The van der Waals surface area contributed by atoms with Gasteiger partial charge in [-0.05, 0) is 31.0 Å². The number of phenols is 1. The van der Waals surface area contributed by atoms with Crippen molar-refractivity contribution < 1.29 is 15.0 Å². The zero-order chi connectivity index (χ0) is 17.4. The molecular formula is C15H20N4O3S2. The number of aryl methyl sites for hydroxylation is 1. The highest BCUT2D eigenvalue weighted by Gasteiger charge is 2.09. The molecule has 0 unspecified atom stereocenters. The quantitative estimate of drug-likeness (QED) is 0.420. The van der Waals surface area contributed by atoms with Crippen LogP contribution in [0.3, 0.4) is 0 Å². The molecule has 4 N–H and O–H groups in total. The minimum atomic E-state index is -0.862. The predicted molar refractivity (Wildman–Crippen MR) is 94.5 cm³/mol. The minimum Gasteiger partial charge on any atom is -0.508 e.